The highest BCUT2D eigenvalue weighted by molar-refractivity contribution is 8.01. The second kappa shape index (κ2) is 9.33. The maximum Gasteiger partial charge on any atom is 0.157 e. The van der Waals surface area contributed by atoms with Crippen LogP contribution in [0, 0.1) is 5.82 Å². The van der Waals surface area contributed by atoms with Crippen LogP contribution in [0.4, 0.5) is 10.1 Å². The first-order valence-electron chi connectivity index (χ1n) is 11.2. The topological polar surface area (TPSA) is 40.5 Å². The molecule has 0 radical (unpaired) electrons. The summed E-state index contributed by atoms with van der Waals surface area (Å²) in [7, 11) is 0. The summed E-state index contributed by atoms with van der Waals surface area (Å²) in [5.41, 5.74) is 3.08. The lowest BCUT2D eigenvalue weighted by molar-refractivity contribution is 0.281. The van der Waals surface area contributed by atoms with E-state index >= 15 is 0 Å². The van der Waals surface area contributed by atoms with Crippen molar-refractivity contribution >= 4 is 34.6 Å². The van der Waals surface area contributed by atoms with Gasteiger partial charge in [0, 0.05) is 36.5 Å². The smallest absolute Gasteiger partial charge is 0.157 e. The zero-order valence-corrected chi connectivity index (χ0v) is 20.0. The largest absolute Gasteiger partial charge is 0.352 e. The molecule has 0 spiro atoms. The number of hydrogen-bond donors (Lipinski definition) is 1. The summed E-state index contributed by atoms with van der Waals surface area (Å²) < 4.78 is 14.8. The van der Waals surface area contributed by atoms with E-state index in [1.165, 1.54) is 15.2 Å². The predicted octanol–water partition coefficient (Wildman–Crippen LogP) is 5.86. The number of halogens is 1. The van der Waals surface area contributed by atoms with Crippen LogP contribution in [0.2, 0.25) is 0 Å². The van der Waals surface area contributed by atoms with Crippen LogP contribution in [0.15, 0.2) is 62.6 Å². The second-order valence-electron chi connectivity index (χ2n) is 8.61. The van der Waals surface area contributed by atoms with Gasteiger partial charge in [-0.15, -0.1) is 11.3 Å². The molecular weight excluding hydrogens is 439 g/mol. The normalized spacial score (nSPS) is 18.2. The van der Waals surface area contributed by atoms with Crippen LogP contribution < -0.4 is 5.32 Å². The van der Waals surface area contributed by atoms with E-state index in [0.717, 1.165) is 60.3 Å². The Morgan fingerprint density at radius 1 is 1.19 bits per heavy atom. The fourth-order valence-electron chi connectivity index (χ4n) is 4.15. The standard InChI is InChI=1S/C25H27FN4S2/c1-16(2)24-29-22-23(28-20-8-3-4-9-21(20)31-25(22)32-24)30-13-12-27-19(15-30)11-10-17-6-5-7-18(26)14-17/h3-9,14,16,19,27H,10-13,15H2,1-2H3/t19-/m0/s1. The van der Waals surface area contributed by atoms with Crippen LogP contribution >= 0.6 is 23.1 Å². The third-order valence-corrected chi connectivity index (χ3v) is 8.43. The van der Waals surface area contributed by atoms with Gasteiger partial charge in [0.1, 0.15) is 11.5 Å². The van der Waals surface area contributed by atoms with Crippen LogP contribution in [-0.2, 0) is 6.42 Å². The molecule has 4 nitrogen and oxygen atoms in total. The summed E-state index contributed by atoms with van der Waals surface area (Å²) in [6.45, 7) is 7.06. The van der Waals surface area contributed by atoms with E-state index < -0.39 is 0 Å². The van der Waals surface area contributed by atoms with Gasteiger partial charge in [-0.1, -0.05) is 49.9 Å². The van der Waals surface area contributed by atoms with Gasteiger partial charge in [-0.3, -0.25) is 0 Å². The molecule has 0 unspecified atom stereocenters. The number of nitrogens with one attached hydrogen (secondary N) is 1. The molecule has 7 heteroatoms. The lowest BCUT2D eigenvalue weighted by Crippen LogP contribution is -2.53. The minimum Gasteiger partial charge on any atom is -0.352 e. The van der Waals surface area contributed by atoms with E-state index in [2.05, 4.69) is 42.3 Å². The van der Waals surface area contributed by atoms with Crippen LogP contribution in [0.25, 0.3) is 0 Å². The van der Waals surface area contributed by atoms with Crippen molar-refractivity contribution in [3.63, 3.8) is 0 Å². The van der Waals surface area contributed by atoms with Gasteiger partial charge in [-0.2, -0.15) is 0 Å². The second-order valence-corrected chi connectivity index (χ2v) is 11.0. The van der Waals surface area contributed by atoms with Crippen molar-refractivity contribution in [3.05, 3.63) is 70.6 Å². The summed E-state index contributed by atoms with van der Waals surface area (Å²) in [5.74, 6) is 1.21. The third-order valence-electron chi connectivity index (χ3n) is 5.84. The highest BCUT2D eigenvalue weighted by atomic mass is 32.2. The number of fused-ring (bicyclic) bond motifs is 2. The zero-order chi connectivity index (χ0) is 22.1. The molecule has 3 aromatic rings. The minimum atomic E-state index is -0.165. The lowest BCUT2D eigenvalue weighted by atomic mass is 10.0. The molecule has 0 bridgehead atoms. The summed E-state index contributed by atoms with van der Waals surface area (Å²) in [5, 5.41) is 4.80. The van der Waals surface area contributed by atoms with E-state index in [0.29, 0.717) is 12.0 Å². The molecule has 2 aromatic carbocycles. The predicted molar refractivity (Wildman–Crippen MR) is 131 cm³/mol. The highest BCUT2D eigenvalue weighted by Crippen LogP contribution is 2.44. The molecule has 1 atom stereocenters. The Bertz CT molecular complexity index is 1140. The maximum absolute atomic E-state index is 13.5. The Balaban J connectivity index is 1.41. The van der Waals surface area contributed by atoms with Gasteiger partial charge < -0.3 is 10.2 Å². The molecule has 2 aliphatic rings. The number of rotatable bonds is 4. The van der Waals surface area contributed by atoms with Crippen LogP contribution in [-0.4, -0.2) is 41.4 Å². The molecule has 0 aliphatic carbocycles. The highest BCUT2D eigenvalue weighted by Gasteiger charge is 2.29. The molecule has 1 fully saturated rings. The average Bonchev–Trinajstić information content (AvgIpc) is 3.14. The zero-order valence-electron chi connectivity index (χ0n) is 18.3. The fourth-order valence-corrected chi connectivity index (χ4v) is 6.43. The van der Waals surface area contributed by atoms with Crippen LogP contribution in [0.1, 0.15) is 42.5 Å². The number of aliphatic imine (C=N–C) groups is 1. The van der Waals surface area contributed by atoms with Gasteiger partial charge in [-0.05, 0) is 42.7 Å². The quantitative estimate of drug-likeness (QED) is 0.523. The molecule has 0 amide bonds. The first-order valence-corrected chi connectivity index (χ1v) is 12.8. The summed E-state index contributed by atoms with van der Waals surface area (Å²) in [6, 6.07) is 15.6. The number of hydrogen-bond acceptors (Lipinski definition) is 6. The van der Waals surface area contributed by atoms with Crippen molar-refractivity contribution in [1.82, 2.24) is 15.2 Å². The van der Waals surface area contributed by atoms with Crippen molar-refractivity contribution in [2.75, 3.05) is 19.6 Å². The monoisotopic (exact) mass is 466 g/mol. The molecule has 0 saturated carbocycles. The number of thiazole rings is 1. The van der Waals surface area contributed by atoms with Gasteiger partial charge in [-0.25, -0.2) is 14.4 Å². The van der Waals surface area contributed by atoms with Crippen molar-refractivity contribution in [2.45, 2.75) is 47.8 Å². The molecule has 166 valence electrons. The molecule has 3 heterocycles. The van der Waals surface area contributed by atoms with Gasteiger partial charge in [0.05, 0.1) is 14.9 Å². The van der Waals surface area contributed by atoms with Crippen molar-refractivity contribution < 1.29 is 4.39 Å². The third kappa shape index (κ3) is 4.60. The van der Waals surface area contributed by atoms with Crippen molar-refractivity contribution in [1.29, 1.82) is 0 Å². The number of aromatic nitrogens is 1. The summed E-state index contributed by atoms with van der Waals surface area (Å²) in [6.07, 6.45) is 1.81. The Morgan fingerprint density at radius 2 is 2.06 bits per heavy atom. The molecular formula is C25H27FN4S2. The molecule has 1 saturated heterocycles. The lowest BCUT2D eigenvalue weighted by Gasteiger charge is -2.35. The first-order chi connectivity index (χ1) is 15.6. The van der Waals surface area contributed by atoms with Gasteiger partial charge in [0.2, 0.25) is 0 Å². The van der Waals surface area contributed by atoms with Crippen LogP contribution in [0.5, 0.6) is 0 Å². The average molecular weight is 467 g/mol. The van der Waals surface area contributed by atoms with E-state index in [4.69, 9.17) is 9.98 Å². The number of nitrogens with zero attached hydrogens (tertiary/aromatic N) is 3. The van der Waals surface area contributed by atoms with E-state index in [-0.39, 0.29) is 5.82 Å². The first kappa shape index (κ1) is 21.6. The summed E-state index contributed by atoms with van der Waals surface area (Å²) in [4.78, 5) is 13.7. The molecule has 1 N–H and O–H groups in total. The van der Waals surface area contributed by atoms with Gasteiger partial charge >= 0.3 is 0 Å². The number of para-hydroxylation sites is 1. The van der Waals surface area contributed by atoms with E-state index in [1.54, 1.807) is 35.2 Å². The van der Waals surface area contributed by atoms with Crippen LogP contribution in [0.3, 0.4) is 0 Å². The van der Waals surface area contributed by atoms with E-state index in [9.17, 15) is 4.39 Å². The Kier molecular flexibility index (Phi) is 6.31. The Hall–Kier alpha value is -2.22. The Labute approximate surface area is 197 Å². The van der Waals surface area contributed by atoms with Crippen molar-refractivity contribution in [2.24, 2.45) is 4.99 Å². The molecule has 2 aliphatic heterocycles. The molecule has 1 aromatic heterocycles. The fraction of sp³-hybridized carbons (Fsp3) is 0.360. The SMILES string of the molecule is CC(C)c1nc2c(s1)Sc1ccccc1N=C2N1CCN[C@@H](CCc2cccc(F)c2)C1. The molecule has 32 heavy (non-hydrogen) atoms. The number of amidine groups is 1. The number of piperazine rings is 1. The van der Waals surface area contributed by atoms with Gasteiger partial charge in [0.15, 0.2) is 5.84 Å². The number of aryl methyl sites for hydroxylation is 1. The Morgan fingerprint density at radius 3 is 2.91 bits per heavy atom. The number of benzene rings is 2. The van der Waals surface area contributed by atoms with Crippen molar-refractivity contribution in [3.8, 4) is 0 Å². The molecule has 5 rings (SSSR count). The minimum absolute atomic E-state index is 0.165. The van der Waals surface area contributed by atoms with E-state index in [1.807, 2.05) is 12.1 Å². The van der Waals surface area contributed by atoms with Gasteiger partial charge in [0.25, 0.3) is 0 Å². The maximum atomic E-state index is 13.5. The summed E-state index contributed by atoms with van der Waals surface area (Å²) >= 11 is 3.57.